The van der Waals surface area contributed by atoms with Crippen LogP contribution in [-0.2, 0) is 17.9 Å². The molecule has 0 spiro atoms. The maximum Gasteiger partial charge on any atom is 0.246 e. The number of hydrogen-bond donors (Lipinski definition) is 1. The van der Waals surface area contributed by atoms with Crippen LogP contribution >= 0.6 is 11.6 Å². The molecular weight excluding hydrogens is 357 g/mol. The number of carbonyl (C=O) groups excluding carboxylic acids is 1. The fraction of sp³-hybridized carbons (Fsp3) is 0.278. The monoisotopic (exact) mass is 375 g/mol. The maximum atomic E-state index is 14.0. The third-order valence-corrected chi connectivity index (χ3v) is 4.45. The number of nitrogens with zero attached hydrogens (tertiary/aromatic N) is 4. The van der Waals surface area contributed by atoms with Gasteiger partial charge < -0.3 is 5.32 Å². The lowest BCUT2D eigenvalue weighted by Gasteiger charge is -2.09. The first-order chi connectivity index (χ1) is 12.3. The molecule has 2 aromatic heterocycles. The van der Waals surface area contributed by atoms with Crippen molar-refractivity contribution in [3.63, 3.8) is 0 Å². The fourth-order valence-corrected chi connectivity index (χ4v) is 2.97. The molecule has 3 aromatic rings. The summed E-state index contributed by atoms with van der Waals surface area (Å²) >= 11 is 6.09. The Bertz CT molecular complexity index is 942. The Kier molecular flexibility index (Phi) is 5.08. The van der Waals surface area contributed by atoms with Crippen molar-refractivity contribution in [1.82, 2.24) is 19.6 Å². The molecule has 0 atom stereocenters. The predicted molar refractivity (Wildman–Crippen MR) is 97.8 cm³/mol. The standard InChI is InChI=1S/C18H19ClFN5O/c1-11-7-8-24(22-11)10-17(26)21-18-12(2)23-25(13(18)3)9-14-15(19)5-4-6-16(14)20/h4-8H,9-10H2,1-3H3,(H,21,26). The van der Waals surface area contributed by atoms with Gasteiger partial charge in [0, 0.05) is 16.8 Å². The highest BCUT2D eigenvalue weighted by Crippen LogP contribution is 2.24. The Labute approximate surface area is 155 Å². The minimum Gasteiger partial charge on any atom is -0.321 e. The third kappa shape index (κ3) is 3.77. The van der Waals surface area contributed by atoms with Crippen LogP contribution in [0.1, 0.15) is 22.6 Å². The number of benzene rings is 1. The molecule has 0 unspecified atom stereocenters. The average molecular weight is 376 g/mol. The van der Waals surface area contributed by atoms with Crippen molar-refractivity contribution in [2.75, 3.05) is 5.32 Å². The molecule has 0 saturated heterocycles. The molecule has 1 aromatic carbocycles. The highest BCUT2D eigenvalue weighted by atomic mass is 35.5. The number of aryl methyl sites for hydroxylation is 2. The summed E-state index contributed by atoms with van der Waals surface area (Å²) in [6.07, 6.45) is 1.75. The van der Waals surface area contributed by atoms with Crippen molar-refractivity contribution in [1.29, 1.82) is 0 Å². The van der Waals surface area contributed by atoms with Crippen LogP contribution in [0.15, 0.2) is 30.5 Å². The molecule has 0 bridgehead atoms. The van der Waals surface area contributed by atoms with Gasteiger partial charge in [0.15, 0.2) is 0 Å². The Morgan fingerprint density at radius 2 is 2.00 bits per heavy atom. The van der Waals surface area contributed by atoms with Crippen molar-refractivity contribution in [2.45, 2.75) is 33.9 Å². The van der Waals surface area contributed by atoms with Gasteiger partial charge >= 0.3 is 0 Å². The summed E-state index contributed by atoms with van der Waals surface area (Å²) in [5, 5.41) is 11.8. The minimum atomic E-state index is -0.385. The van der Waals surface area contributed by atoms with Crippen LogP contribution in [0.2, 0.25) is 5.02 Å². The summed E-state index contributed by atoms with van der Waals surface area (Å²) in [5.74, 6) is -0.590. The van der Waals surface area contributed by atoms with E-state index in [1.54, 1.807) is 34.6 Å². The highest BCUT2D eigenvalue weighted by molar-refractivity contribution is 6.31. The van der Waals surface area contributed by atoms with E-state index in [-0.39, 0.29) is 24.8 Å². The second kappa shape index (κ2) is 7.29. The zero-order valence-corrected chi connectivity index (χ0v) is 15.5. The zero-order chi connectivity index (χ0) is 18.8. The van der Waals surface area contributed by atoms with E-state index in [2.05, 4.69) is 15.5 Å². The molecule has 0 aliphatic carbocycles. The second-order valence-electron chi connectivity index (χ2n) is 6.11. The second-order valence-corrected chi connectivity index (χ2v) is 6.51. The first kappa shape index (κ1) is 18.1. The van der Waals surface area contributed by atoms with Crippen LogP contribution in [-0.4, -0.2) is 25.5 Å². The lowest BCUT2D eigenvalue weighted by atomic mass is 10.2. The van der Waals surface area contributed by atoms with Crippen LogP contribution in [0.25, 0.3) is 0 Å². The van der Waals surface area contributed by atoms with Gasteiger partial charge in [0.2, 0.25) is 5.91 Å². The molecule has 2 heterocycles. The number of amides is 1. The van der Waals surface area contributed by atoms with Gasteiger partial charge in [-0.05, 0) is 39.0 Å². The number of carbonyl (C=O) groups is 1. The molecule has 1 amide bonds. The van der Waals surface area contributed by atoms with Crippen LogP contribution < -0.4 is 5.32 Å². The SMILES string of the molecule is Cc1ccn(CC(=O)Nc2c(C)nn(Cc3c(F)cccc3Cl)c2C)n1. The van der Waals surface area contributed by atoms with Crippen LogP contribution in [0.4, 0.5) is 10.1 Å². The van der Waals surface area contributed by atoms with Gasteiger partial charge in [-0.1, -0.05) is 17.7 Å². The molecule has 0 fully saturated rings. The van der Waals surface area contributed by atoms with E-state index in [4.69, 9.17) is 11.6 Å². The topological polar surface area (TPSA) is 64.7 Å². The van der Waals surface area contributed by atoms with Crippen molar-refractivity contribution in [2.24, 2.45) is 0 Å². The van der Waals surface area contributed by atoms with Gasteiger partial charge in [-0.25, -0.2) is 4.39 Å². The van der Waals surface area contributed by atoms with Gasteiger partial charge in [0.05, 0.1) is 29.3 Å². The van der Waals surface area contributed by atoms with Gasteiger partial charge in [0.25, 0.3) is 0 Å². The fourth-order valence-electron chi connectivity index (χ4n) is 2.74. The van der Waals surface area contributed by atoms with E-state index in [0.29, 0.717) is 22.0 Å². The Balaban J connectivity index is 1.78. The van der Waals surface area contributed by atoms with Crippen LogP contribution in [0, 0.1) is 26.6 Å². The van der Waals surface area contributed by atoms with Crippen LogP contribution in [0.3, 0.4) is 0 Å². The van der Waals surface area contributed by atoms with Gasteiger partial charge in [-0.3, -0.25) is 14.2 Å². The van der Waals surface area contributed by atoms with Gasteiger partial charge in [-0.15, -0.1) is 0 Å². The van der Waals surface area contributed by atoms with Crippen molar-refractivity contribution >= 4 is 23.2 Å². The molecule has 26 heavy (non-hydrogen) atoms. The lowest BCUT2D eigenvalue weighted by molar-refractivity contribution is -0.116. The van der Waals surface area contributed by atoms with E-state index in [0.717, 1.165) is 11.4 Å². The largest absolute Gasteiger partial charge is 0.321 e. The summed E-state index contributed by atoms with van der Waals surface area (Å²) in [5.41, 5.74) is 3.21. The predicted octanol–water partition coefficient (Wildman–Crippen LogP) is 3.48. The summed E-state index contributed by atoms with van der Waals surface area (Å²) < 4.78 is 17.2. The summed E-state index contributed by atoms with van der Waals surface area (Å²) in [6.45, 7) is 5.77. The Hall–Kier alpha value is -2.67. The third-order valence-electron chi connectivity index (χ3n) is 4.10. The molecule has 0 aliphatic heterocycles. The molecule has 136 valence electrons. The smallest absolute Gasteiger partial charge is 0.246 e. The quantitative estimate of drug-likeness (QED) is 0.742. The number of aromatic nitrogens is 4. The van der Waals surface area contributed by atoms with E-state index in [9.17, 15) is 9.18 Å². The minimum absolute atomic E-state index is 0.108. The molecular formula is C18H19ClFN5O. The van der Waals surface area contributed by atoms with E-state index in [1.807, 2.05) is 19.9 Å². The van der Waals surface area contributed by atoms with E-state index < -0.39 is 0 Å². The van der Waals surface area contributed by atoms with Gasteiger partial charge in [0.1, 0.15) is 12.4 Å². The first-order valence-corrected chi connectivity index (χ1v) is 8.49. The molecule has 0 saturated carbocycles. The van der Waals surface area contributed by atoms with Crippen molar-refractivity contribution < 1.29 is 9.18 Å². The summed E-state index contributed by atoms with van der Waals surface area (Å²) in [4.78, 5) is 12.3. The summed E-state index contributed by atoms with van der Waals surface area (Å²) in [6, 6.07) is 6.40. The number of halogens is 2. The molecule has 8 heteroatoms. The Morgan fingerprint density at radius 1 is 1.23 bits per heavy atom. The Morgan fingerprint density at radius 3 is 2.65 bits per heavy atom. The lowest BCUT2D eigenvalue weighted by Crippen LogP contribution is -2.20. The number of anilines is 1. The molecule has 1 N–H and O–H groups in total. The molecule has 6 nitrogen and oxygen atoms in total. The van der Waals surface area contributed by atoms with Crippen LogP contribution in [0.5, 0.6) is 0 Å². The normalized spacial score (nSPS) is 11.0. The molecule has 0 aliphatic rings. The van der Waals surface area contributed by atoms with Gasteiger partial charge in [-0.2, -0.15) is 10.2 Å². The van der Waals surface area contributed by atoms with Crippen molar-refractivity contribution in [3.8, 4) is 0 Å². The molecule has 0 radical (unpaired) electrons. The summed E-state index contributed by atoms with van der Waals surface area (Å²) in [7, 11) is 0. The first-order valence-electron chi connectivity index (χ1n) is 8.12. The van der Waals surface area contributed by atoms with E-state index >= 15 is 0 Å². The van der Waals surface area contributed by atoms with Crippen molar-refractivity contribution in [3.05, 3.63) is 63.9 Å². The number of nitrogens with one attached hydrogen (secondary N) is 1. The average Bonchev–Trinajstić information content (AvgIpc) is 3.09. The van der Waals surface area contributed by atoms with E-state index in [1.165, 1.54) is 6.07 Å². The number of hydrogen-bond acceptors (Lipinski definition) is 3. The zero-order valence-electron chi connectivity index (χ0n) is 14.8. The maximum absolute atomic E-state index is 14.0. The molecule has 3 rings (SSSR count). The highest BCUT2D eigenvalue weighted by Gasteiger charge is 2.17. The number of rotatable bonds is 5.